The van der Waals surface area contributed by atoms with Crippen LogP contribution < -0.4 is 15.1 Å². The van der Waals surface area contributed by atoms with E-state index in [0.29, 0.717) is 38.3 Å². The third kappa shape index (κ3) is 4.53. The Bertz CT molecular complexity index is 965. The largest absolute Gasteiger partial charge is 0.416 e. The van der Waals surface area contributed by atoms with Crippen molar-refractivity contribution in [3.63, 3.8) is 0 Å². The Morgan fingerprint density at radius 1 is 1.16 bits per heavy atom. The zero-order chi connectivity index (χ0) is 22.9. The van der Waals surface area contributed by atoms with Gasteiger partial charge in [-0.3, -0.25) is 4.79 Å². The lowest BCUT2D eigenvalue weighted by Crippen LogP contribution is -2.61. The maximum Gasteiger partial charge on any atom is 0.416 e. The van der Waals surface area contributed by atoms with Crippen molar-refractivity contribution in [2.24, 2.45) is 5.92 Å². The summed E-state index contributed by atoms with van der Waals surface area (Å²) >= 11 is 0. The molecule has 2 heterocycles. The Balaban J connectivity index is 1.64. The first-order valence-corrected chi connectivity index (χ1v) is 10.5. The van der Waals surface area contributed by atoms with Crippen molar-refractivity contribution < 1.29 is 27.1 Å². The van der Waals surface area contributed by atoms with Crippen LogP contribution in [0.2, 0.25) is 0 Å². The molecule has 2 aromatic carbocycles. The minimum atomic E-state index is -4.44. The molecule has 9 heteroatoms. The number of hydrogen-bond acceptors (Lipinski definition) is 4. The lowest BCUT2D eigenvalue weighted by Gasteiger charge is -2.49. The Morgan fingerprint density at radius 2 is 1.91 bits per heavy atom. The molecule has 2 aliphatic heterocycles. The molecule has 1 saturated heterocycles. The molecule has 2 atom stereocenters. The van der Waals surface area contributed by atoms with E-state index >= 15 is 0 Å². The first kappa shape index (κ1) is 22.4. The molecule has 0 aliphatic carbocycles. The number of fused-ring (bicyclic) bond motifs is 3. The van der Waals surface area contributed by atoms with Gasteiger partial charge in [-0.25, -0.2) is 4.39 Å². The summed E-state index contributed by atoms with van der Waals surface area (Å²) in [6.45, 7) is 2.34. The number of amides is 1. The van der Waals surface area contributed by atoms with Crippen LogP contribution in [-0.2, 0) is 22.1 Å². The fraction of sp³-hybridized carbons (Fsp3) is 0.435. The van der Waals surface area contributed by atoms with Gasteiger partial charge in [0.2, 0.25) is 5.91 Å². The number of ether oxygens (including phenoxy) is 1. The van der Waals surface area contributed by atoms with E-state index in [1.165, 1.54) is 25.3 Å². The second kappa shape index (κ2) is 8.97. The summed E-state index contributed by atoms with van der Waals surface area (Å²) in [4.78, 5) is 17.2. The van der Waals surface area contributed by atoms with Crippen LogP contribution in [-0.4, -0.2) is 51.8 Å². The maximum absolute atomic E-state index is 13.3. The third-order valence-corrected chi connectivity index (χ3v) is 6.17. The highest BCUT2D eigenvalue weighted by atomic mass is 19.4. The second-order valence-corrected chi connectivity index (χ2v) is 8.12. The van der Waals surface area contributed by atoms with Gasteiger partial charge < -0.3 is 19.9 Å². The highest BCUT2D eigenvalue weighted by Gasteiger charge is 2.42. The number of anilines is 2. The average Bonchev–Trinajstić information content (AvgIpc) is 2.77. The number of hydrogen-bond donors (Lipinski definition) is 1. The number of piperazine rings is 1. The fourth-order valence-electron chi connectivity index (χ4n) is 4.59. The van der Waals surface area contributed by atoms with Gasteiger partial charge in [0.05, 0.1) is 24.1 Å². The quantitative estimate of drug-likeness (QED) is 0.559. The van der Waals surface area contributed by atoms with Crippen LogP contribution in [0, 0.1) is 11.7 Å². The minimum absolute atomic E-state index is 0.207. The molecular formula is C23H25F4N3O2. The van der Waals surface area contributed by atoms with E-state index in [-0.39, 0.29) is 24.2 Å². The van der Waals surface area contributed by atoms with E-state index in [0.717, 1.165) is 23.5 Å². The van der Waals surface area contributed by atoms with Gasteiger partial charge in [0.25, 0.3) is 0 Å². The van der Waals surface area contributed by atoms with Crippen molar-refractivity contribution in [1.29, 1.82) is 0 Å². The first-order valence-electron chi connectivity index (χ1n) is 10.5. The molecule has 32 heavy (non-hydrogen) atoms. The van der Waals surface area contributed by atoms with Crippen molar-refractivity contribution >= 4 is 17.3 Å². The standard InChI is InChI=1S/C23H25F4N3O2/c1-32-11-8-28-22(31)19-13-15-12-16(23(25,26)27)2-7-20(15)30-10-9-29(14-21(19)30)18-5-3-17(24)4-6-18/h2-7,12,19,21H,8-11,13-14H2,1H3,(H,28,31)/t19-,21+/m0/s1. The summed E-state index contributed by atoms with van der Waals surface area (Å²) in [5, 5.41) is 2.84. The van der Waals surface area contributed by atoms with E-state index in [4.69, 9.17) is 4.74 Å². The van der Waals surface area contributed by atoms with E-state index < -0.39 is 17.7 Å². The number of alkyl halides is 3. The predicted molar refractivity (Wildman–Crippen MR) is 113 cm³/mol. The molecular weight excluding hydrogens is 426 g/mol. The number of carbonyl (C=O) groups excluding carboxylic acids is 1. The van der Waals surface area contributed by atoms with Crippen LogP contribution in [0.1, 0.15) is 11.1 Å². The number of halogens is 4. The predicted octanol–water partition coefficient (Wildman–Crippen LogP) is 3.47. The molecule has 172 valence electrons. The van der Waals surface area contributed by atoms with Gasteiger partial charge in [0.1, 0.15) is 5.82 Å². The summed E-state index contributed by atoms with van der Waals surface area (Å²) in [6, 6.07) is 9.74. The van der Waals surface area contributed by atoms with E-state index in [1.807, 2.05) is 4.90 Å². The second-order valence-electron chi connectivity index (χ2n) is 8.12. The van der Waals surface area contributed by atoms with Crippen molar-refractivity contribution in [2.75, 3.05) is 49.7 Å². The molecule has 1 amide bonds. The molecule has 1 fully saturated rings. The van der Waals surface area contributed by atoms with E-state index in [9.17, 15) is 22.4 Å². The van der Waals surface area contributed by atoms with Crippen LogP contribution in [0.5, 0.6) is 0 Å². The smallest absolute Gasteiger partial charge is 0.383 e. The Labute approximate surface area is 183 Å². The first-order chi connectivity index (χ1) is 15.3. The summed E-state index contributed by atoms with van der Waals surface area (Å²) in [6.07, 6.45) is -4.22. The molecule has 5 nitrogen and oxygen atoms in total. The number of methoxy groups -OCH3 is 1. The molecule has 0 spiro atoms. The molecule has 0 unspecified atom stereocenters. The number of rotatable bonds is 5. The van der Waals surface area contributed by atoms with Crippen LogP contribution in [0.4, 0.5) is 28.9 Å². The zero-order valence-electron chi connectivity index (χ0n) is 17.7. The van der Waals surface area contributed by atoms with Crippen LogP contribution in [0.3, 0.4) is 0 Å². The molecule has 0 radical (unpaired) electrons. The highest BCUT2D eigenvalue weighted by molar-refractivity contribution is 5.82. The summed E-state index contributed by atoms with van der Waals surface area (Å²) in [5.41, 5.74) is 1.40. The van der Waals surface area contributed by atoms with Crippen molar-refractivity contribution in [3.05, 3.63) is 59.4 Å². The van der Waals surface area contributed by atoms with Gasteiger partial charge in [0, 0.05) is 44.7 Å². The number of benzene rings is 2. The Kier molecular flexibility index (Phi) is 6.28. The molecule has 1 N–H and O–H groups in total. The number of nitrogens with zero attached hydrogens (tertiary/aromatic N) is 2. The third-order valence-electron chi connectivity index (χ3n) is 6.17. The Morgan fingerprint density at radius 3 is 2.59 bits per heavy atom. The zero-order valence-corrected chi connectivity index (χ0v) is 17.7. The fourth-order valence-corrected chi connectivity index (χ4v) is 4.59. The van der Waals surface area contributed by atoms with Crippen molar-refractivity contribution in [1.82, 2.24) is 5.32 Å². The van der Waals surface area contributed by atoms with Crippen LogP contribution in [0.25, 0.3) is 0 Å². The van der Waals surface area contributed by atoms with Gasteiger partial charge in [-0.05, 0) is 54.4 Å². The molecule has 2 aromatic rings. The molecule has 4 rings (SSSR count). The summed E-state index contributed by atoms with van der Waals surface area (Å²) < 4.78 is 58.2. The van der Waals surface area contributed by atoms with E-state index in [1.54, 1.807) is 12.1 Å². The van der Waals surface area contributed by atoms with Gasteiger partial charge in [-0.1, -0.05) is 0 Å². The number of nitrogens with one attached hydrogen (secondary N) is 1. The van der Waals surface area contributed by atoms with Crippen molar-refractivity contribution in [2.45, 2.75) is 18.6 Å². The monoisotopic (exact) mass is 451 g/mol. The maximum atomic E-state index is 13.3. The number of carbonyl (C=O) groups is 1. The lowest BCUT2D eigenvalue weighted by molar-refractivity contribution is -0.137. The molecule has 0 bridgehead atoms. The lowest BCUT2D eigenvalue weighted by atomic mass is 9.82. The molecule has 2 aliphatic rings. The van der Waals surface area contributed by atoms with E-state index in [2.05, 4.69) is 10.2 Å². The van der Waals surface area contributed by atoms with Crippen LogP contribution in [0.15, 0.2) is 42.5 Å². The summed E-state index contributed by atoms with van der Waals surface area (Å²) in [5.74, 6) is -1.05. The highest BCUT2D eigenvalue weighted by Crippen LogP contribution is 2.40. The molecule has 0 saturated carbocycles. The van der Waals surface area contributed by atoms with Gasteiger partial charge in [0.15, 0.2) is 0 Å². The topological polar surface area (TPSA) is 44.8 Å². The summed E-state index contributed by atoms with van der Waals surface area (Å²) in [7, 11) is 1.53. The van der Waals surface area contributed by atoms with Crippen LogP contribution >= 0.6 is 0 Å². The van der Waals surface area contributed by atoms with Gasteiger partial charge >= 0.3 is 6.18 Å². The Hall–Kier alpha value is -2.81. The van der Waals surface area contributed by atoms with Gasteiger partial charge in [-0.2, -0.15) is 13.2 Å². The van der Waals surface area contributed by atoms with Gasteiger partial charge in [-0.15, -0.1) is 0 Å². The van der Waals surface area contributed by atoms with Crippen molar-refractivity contribution in [3.8, 4) is 0 Å². The normalized spacial score (nSPS) is 20.5. The minimum Gasteiger partial charge on any atom is -0.383 e. The SMILES string of the molecule is COCCNC(=O)[C@H]1Cc2cc(C(F)(F)F)ccc2N2CCN(c3ccc(F)cc3)C[C@H]12. The average molecular weight is 451 g/mol. The molecule has 0 aromatic heterocycles.